The molecular weight excluding hydrogens is 202 g/mol. The van der Waals surface area contributed by atoms with Crippen LogP contribution in [-0.2, 0) is 6.42 Å². The Hall–Kier alpha value is -1.89. The number of hydrogen-bond acceptors (Lipinski definition) is 3. The molecule has 0 bridgehead atoms. The minimum atomic E-state index is 0.0547. The van der Waals surface area contributed by atoms with Crippen LogP contribution in [0.25, 0.3) is 0 Å². The second-order valence-electron chi connectivity index (χ2n) is 3.87. The molecule has 0 unspecified atom stereocenters. The van der Waals surface area contributed by atoms with E-state index in [1.807, 2.05) is 11.0 Å². The normalized spacial score (nSPS) is 14.8. The van der Waals surface area contributed by atoms with E-state index in [4.69, 9.17) is 5.26 Å². The van der Waals surface area contributed by atoms with Crippen LogP contribution in [0.5, 0.6) is 0 Å². The third-order valence-corrected chi connectivity index (χ3v) is 2.72. The van der Waals surface area contributed by atoms with Gasteiger partial charge in [-0.05, 0) is 25.0 Å². The largest absolute Gasteiger partial charge is 0.339 e. The van der Waals surface area contributed by atoms with Crippen LogP contribution < -0.4 is 0 Å². The number of nitrogens with zero attached hydrogens (tertiary/aromatic N) is 3. The molecule has 4 nitrogen and oxygen atoms in total. The molecule has 0 aliphatic carbocycles. The summed E-state index contributed by atoms with van der Waals surface area (Å²) in [5, 5.41) is 8.58. The minimum Gasteiger partial charge on any atom is -0.339 e. The lowest BCUT2D eigenvalue weighted by Gasteiger charge is -2.15. The third kappa shape index (κ3) is 2.19. The van der Waals surface area contributed by atoms with Crippen LogP contribution in [0.15, 0.2) is 18.3 Å². The predicted molar refractivity (Wildman–Crippen MR) is 58.7 cm³/mol. The van der Waals surface area contributed by atoms with E-state index in [0.717, 1.165) is 25.9 Å². The van der Waals surface area contributed by atoms with Crippen LogP contribution in [0.1, 0.15) is 28.9 Å². The number of nitriles is 1. The first-order valence-corrected chi connectivity index (χ1v) is 5.42. The summed E-state index contributed by atoms with van der Waals surface area (Å²) in [6, 6.07) is 5.45. The summed E-state index contributed by atoms with van der Waals surface area (Å²) in [4.78, 5) is 17.9. The van der Waals surface area contributed by atoms with E-state index in [-0.39, 0.29) is 12.3 Å². The van der Waals surface area contributed by atoms with Crippen molar-refractivity contribution >= 4 is 5.91 Å². The van der Waals surface area contributed by atoms with Gasteiger partial charge >= 0.3 is 0 Å². The van der Waals surface area contributed by atoms with Crippen LogP contribution in [0.4, 0.5) is 0 Å². The van der Waals surface area contributed by atoms with Crippen molar-refractivity contribution in [2.24, 2.45) is 0 Å². The summed E-state index contributed by atoms with van der Waals surface area (Å²) in [5.41, 5.74) is 1.30. The van der Waals surface area contributed by atoms with Crippen molar-refractivity contribution in [3.63, 3.8) is 0 Å². The molecule has 1 aliphatic rings. The van der Waals surface area contributed by atoms with Gasteiger partial charge in [-0.2, -0.15) is 5.26 Å². The first-order valence-electron chi connectivity index (χ1n) is 5.42. The molecule has 0 N–H and O–H groups in total. The summed E-state index contributed by atoms with van der Waals surface area (Å²) < 4.78 is 0. The Kier molecular flexibility index (Phi) is 3.16. The van der Waals surface area contributed by atoms with Crippen LogP contribution in [0.2, 0.25) is 0 Å². The monoisotopic (exact) mass is 215 g/mol. The summed E-state index contributed by atoms with van der Waals surface area (Å²) in [6.45, 7) is 1.68. The van der Waals surface area contributed by atoms with E-state index in [2.05, 4.69) is 4.98 Å². The Balaban J connectivity index is 2.16. The molecule has 4 heteroatoms. The summed E-state index contributed by atoms with van der Waals surface area (Å²) in [6.07, 6.45) is 4.01. The highest BCUT2D eigenvalue weighted by Crippen LogP contribution is 2.13. The molecule has 1 aromatic rings. The zero-order chi connectivity index (χ0) is 11.4. The fourth-order valence-electron chi connectivity index (χ4n) is 1.89. The lowest BCUT2D eigenvalue weighted by molar-refractivity contribution is 0.0792. The van der Waals surface area contributed by atoms with E-state index in [9.17, 15) is 4.79 Å². The molecule has 0 atom stereocenters. The smallest absolute Gasteiger partial charge is 0.253 e. The topological polar surface area (TPSA) is 57.0 Å². The van der Waals surface area contributed by atoms with Crippen molar-refractivity contribution < 1.29 is 4.79 Å². The molecule has 0 saturated carbocycles. The van der Waals surface area contributed by atoms with Crippen LogP contribution >= 0.6 is 0 Å². The second kappa shape index (κ2) is 4.75. The van der Waals surface area contributed by atoms with Crippen LogP contribution in [0.3, 0.4) is 0 Å². The van der Waals surface area contributed by atoms with Crippen molar-refractivity contribution in [3.8, 4) is 6.07 Å². The van der Waals surface area contributed by atoms with Gasteiger partial charge in [0, 0.05) is 24.8 Å². The lowest BCUT2D eigenvalue weighted by Crippen LogP contribution is -2.27. The molecular formula is C12H13N3O. The van der Waals surface area contributed by atoms with Gasteiger partial charge in [-0.15, -0.1) is 0 Å². The number of hydrogen-bond donors (Lipinski definition) is 0. The van der Waals surface area contributed by atoms with Crippen LogP contribution in [-0.4, -0.2) is 28.9 Å². The fourth-order valence-corrected chi connectivity index (χ4v) is 1.89. The molecule has 82 valence electrons. The average molecular weight is 215 g/mol. The molecule has 16 heavy (non-hydrogen) atoms. The Labute approximate surface area is 94.5 Å². The Morgan fingerprint density at radius 1 is 1.50 bits per heavy atom. The van der Waals surface area contributed by atoms with Gasteiger partial charge in [0.25, 0.3) is 5.91 Å². The maximum absolute atomic E-state index is 12.0. The Morgan fingerprint density at radius 2 is 2.25 bits per heavy atom. The van der Waals surface area contributed by atoms with E-state index in [0.29, 0.717) is 11.3 Å². The van der Waals surface area contributed by atoms with Gasteiger partial charge in [-0.3, -0.25) is 9.78 Å². The zero-order valence-corrected chi connectivity index (χ0v) is 9.02. The predicted octanol–water partition coefficient (Wildman–Crippen LogP) is 1.38. The van der Waals surface area contributed by atoms with Crippen molar-refractivity contribution in [3.05, 3.63) is 29.6 Å². The summed E-state index contributed by atoms with van der Waals surface area (Å²) in [5.74, 6) is 0.0547. The first-order chi connectivity index (χ1) is 7.81. The number of amides is 1. The minimum absolute atomic E-state index is 0.0547. The van der Waals surface area contributed by atoms with Gasteiger partial charge in [0.05, 0.1) is 18.2 Å². The van der Waals surface area contributed by atoms with Gasteiger partial charge in [0.1, 0.15) is 0 Å². The highest BCUT2D eigenvalue weighted by Gasteiger charge is 2.19. The quantitative estimate of drug-likeness (QED) is 0.749. The Morgan fingerprint density at radius 3 is 2.94 bits per heavy atom. The molecule has 1 amide bonds. The first kappa shape index (κ1) is 10.6. The molecule has 0 aromatic carbocycles. The lowest BCUT2D eigenvalue weighted by atomic mass is 10.2. The second-order valence-corrected chi connectivity index (χ2v) is 3.87. The van der Waals surface area contributed by atoms with Gasteiger partial charge in [-0.25, -0.2) is 0 Å². The molecule has 1 aromatic heterocycles. The SMILES string of the molecule is N#CCc1cc(C(=O)N2CCCC2)ccn1. The van der Waals surface area contributed by atoms with Crippen molar-refractivity contribution in [1.82, 2.24) is 9.88 Å². The number of likely N-dealkylation sites (tertiary alicyclic amines) is 1. The highest BCUT2D eigenvalue weighted by atomic mass is 16.2. The molecule has 2 heterocycles. The summed E-state index contributed by atoms with van der Waals surface area (Å²) >= 11 is 0. The molecule has 0 radical (unpaired) electrons. The number of pyridine rings is 1. The van der Waals surface area contributed by atoms with E-state index < -0.39 is 0 Å². The maximum Gasteiger partial charge on any atom is 0.253 e. The van der Waals surface area contributed by atoms with E-state index in [1.165, 1.54) is 0 Å². The molecule has 2 rings (SSSR count). The van der Waals surface area contributed by atoms with E-state index >= 15 is 0 Å². The van der Waals surface area contributed by atoms with Gasteiger partial charge in [0.15, 0.2) is 0 Å². The number of carbonyl (C=O) groups excluding carboxylic acids is 1. The van der Waals surface area contributed by atoms with Gasteiger partial charge < -0.3 is 4.90 Å². The van der Waals surface area contributed by atoms with Crippen molar-refractivity contribution in [2.45, 2.75) is 19.3 Å². The molecule has 1 saturated heterocycles. The van der Waals surface area contributed by atoms with E-state index in [1.54, 1.807) is 18.3 Å². The molecule has 1 aliphatic heterocycles. The maximum atomic E-state index is 12.0. The van der Waals surface area contributed by atoms with Gasteiger partial charge in [-0.1, -0.05) is 0 Å². The zero-order valence-electron chi connectivity index (χ0n) is 9.02. The highest BCUT2D eigenvalue weighted by molar-refractivity contribution is 5.94. The number of aromatic nitrogens is 1. The van der Waals surface area contributed by atoms with Crippen LogP contribution in [0, 0.1) is 11.3 Å². The van der Waals surface area contributed by atoms with Crippen molar-refractivity contribution in [2.75, 3.05) is 13.1 Å². The average Bonchev–Trinajstić information content (AvgIpc) is 2.82. The Bertz CT molecular complexity index is 430. The standard InChI is InChI=1S/C12H13N3O/c13-5-3-11-9-10(4-6-14-11)12(16)15-7-1-2-8-15/h4,6,9H,1-3,7-8H2. The molecule has 1 fully saturated rings. The molecule has 0 spiro atoms. The van der Waals surface area contributed by atoms with Gasteiger partial charge in [0.2, 0.25) is 0 Å². The van der Waals surface area contributed by atoms with Crippen molar-refractivity contribution in [1.29, 1.82) is 5.26 Å². The number of rotatable bonds is 2. The fraction of sp³-hybridized carbons (Fsp3) is 0.417. The summed E-state index contributed by atoms with van der Waals surface area (Å²) in [7, 11) is 0. The third-order valence-electron chi connectivity index (χ3n) is 2.72. The number of carbonyl (C=O) groups is 1.